The Balaban J connectivity index is 1.63. The van der Waals surface area contributed by atoms with Gasteiger partial charge in [0.1, 0.15) is 5.69 Å². The minimum Gasteiger partial charge on any atom is -0.351 e. The van der Waals surface area contributed by atoms with Crippen molar-refractivity contribution in [2.75, 3.05) is 6.54 Å². The number of amides is 1. The number of rotatable bonds is 1. The molecule has 1 aliphatic rings. The number of carbonyl (C=O) groups is 1. The Hall–Kier alpha value is -1.85. The number of aromatic nitrogens is 2. The SMILES string of the molecule is O=C(c1cc2ccccc2[nH]1)N1CCc2nc(Cl)sc2C1. The number of nitrogens with one attached hydrogen (secondary N) is 1. The number of H-pyrrole nitrogens is 1. The molecule has 0 saturated heterocycles. The van der Waals surface area contributed by atoms with E-state index in [1.807, 2.05) is 35.2 Å². The molecule has 0 spiro atoms. The van der Waals surface area contributed by atoms with Gasteiger partial charge in [0.2, 0.25) is 0 Å². The maximum Gasteiger partial charge on any atom is 0.270 e. The van der Waals surface area contributed by atoms with E-state index in [0.29, 0.717) is 23.3 Å². The van der Waals surface area contributed by atoms with Gasteiger partial charge >= 0.3 is 0 Å². The number of carbonyl (C=O) groups excluding carboxylic acids is 1. The summed E-state index contributed by atoms with van der Waals surface area (Å²) in [5.41, 5.74) is 2.65. The fourth-order valence-electron chi connectivity index (χ4n) is 2.70. The van der Waals surface area contributed by atoms with Crippen LogP contribution in [0.25, 0.3) is 10.9 Å². The summed E-state index contributed by atoms with van der Waals surface area (Å²) < 4.78 is 0.555. The predicted molar refractivity (Wildman–Crippen MR) is 83.9 cm³/mol. The van der Waals surface area contributed by atoms with Crippen LogP contribution >= 0.6 is 22.9 Å². The first-order valence-electron chi connectivity index (χ1n) is 6.72. The number of para-hydroxylation sites is 1. The third-order valence-electron chi connectivity index (χ3n) is 3.75. The monoisotopic (exact) mass is 317 g/mol. The number of fused-ring (bicyclic) bond motifs is 2. The molecule has 2 aromatic heterocycles. The Kier molecular flexibility index (Phi) is 2.97. The molecule has 0 saturated carbocycles. The van der Waals surface area contributed by atoms with Gasteiger partial charge in [-0.05, 0) is 12.1 Å². The van der Waals surface area contributed by atoms with Crippen molar-refractivity contribution in [2.45, 2.75) is 13.0 Å². The molecule has 0 bridgehead atoms. The molecule has 4 nitrogen and oxygen atoms in total. The van der Waals surface area contributed by atoms with Gasteiger partial charge in [-0.3, -0.25) is 4.79 Å². The van der Waals surface area contributed by atoms with Crippen molar-refractivity contribution < 1.29 is 4.79 Å². The van der Waals surface area contributed by atoms with Crippen LogP contribution in [0.2, 0.25) is 4.47 Å². The quantitative estimate of drug-likeness (QED) is 0.747. The van der Waals surface area contributed by atoms with E-state index in [4.69, 9.17) is 11.6 Å². The summed E-state index contributed by atoms with van der Waals surface area (Å²) in [6, 6.07) is 9.81. The standard InChI is InChI=1S/C15H12ClN3OS/c16-15-18-11-5-6-19(8-13(11)21-15)14(20)12-7-9-3-1-2-4-10(9)17-12/h1-4,7,17H,5-6,8H2. The van der Waals surface area contributed by atoms with Gasteiger partial charge in [0, 0.05) is 28.7 Å². The lowest BCUT2D eigenvalue weighted by molar-refractivity contribution is 0.0731. The summed E-state index contributed by atoms with van der Waals surface area (Å²) in [5, 5.41) is 1.05. The number of halogens is 1. The van der Waals surface area contributed by atoms with Gasteiger partial charge < -0.3 is 9.88 Å². The summed E-state index contributed by atoms with van der Waals surface area (Å²) in [5.74, 6) is 0.0290. The summed E-state index contributed by atoms with van der Waals surface area (Å²) >= 11 is 7.41. The van der Waals surface area contributed by atoms with Gasteiger partial charge in [-0.1, -0.05) is 29.8 Å². The lowest BCUT2D eigenvalue weighted by Crippen LogP contribution is -2.35. The fourth-order valence-corrected chi connectivity index (χ4v) is 3.92. The van der Waals surface area contributed by atoms with E-state index < -0.39 is 0 Å². The van der Waals surface area contributed by atoms with E-state index in [9.17, 15) is 4.79 Å². The van der Waals surface area contributed by atoms with Crippen molar-refractivity contribution in [1.82, 2.24) is 14.9 Å². The van der Waals surface area contributed by atoms with Crippen molar-refractivity contribution in [3.8, 4) is 0 Å². The molecule has 0 fully saturated rings. The lowest BCUT2D eigenvalue weighted by Gasteiger charge is -2.25. The molecule has 3 heterocycles. The van der Waals surface area contributed by atoms with Crippen LogP contribution in [0.4, 0.5) is 0 Å². The highest BCUT2D eigenvalue weighted by molar-refractivity contribution is 7.15. The van der Waals surface area contributed by atoms with Crippen LogP contribution in [0.1, 0.15) is 21.1 Å². The minimum absolute atomic E-state index is 0.0290. The molecule has 1 N–H and O–H groups in total. The van der Waals surface area contributed by atoms with E-state index in [1.165, 1.54) is 11.3 Å². The molecular weight excluding hydrogens is 306 g/mol. The molecule has 0 atom stereocenters. The number of hydrogen-bond donors (Lipinski definition) is 1. The van der Waals surface area contributed by atoms with Crippen LogP contribution in [0.15, 0.2) is 30.3 Å². The van der Waals surface area contributed by atoms with E-state index in [1.54, 1.807) is 0 Å². The maximum atomic E-state index is 12.6. The molecule has 0 aliphatic carbocycles. The topological polar surface area (TPSA) is 49.0 Å². The normalized spacial score (nSPS) is 14.4. The first-order chi connectivity index (χ1) is 10.2. The third kappa shape index (κ3) is 2.22. The van der Waals surface area contributed by atoms with Crippen LogP contribution in [0.3, 0.4) is 0 Å². The molecule has 0 radical (unpaired) electrons. The molecule has 1 aromatic carbocycles. The van der Waals surface area contributed by atoms with E-state index in [0.717, 1.165) is 27.9 Å². The van der Waals surface area contributed by atoms with Crippen LogP contribution in [0.5, 0.6) is 0 Å². The second-order valence-electron chi connectivity index (χ2n) is 5.08. The number of benzene rings is 1. The van der Waals surface area contributed by atoms with Gasteiger partial charge in [0.15, 0.2) is 4.47 Å². The highest BCUT2D eigenvalue weighted by atomic mass is 35.5. The molecule has 3 aromatic rings. The van der Waals surface area contributed by atoms with Crippen LogP contribution in [-0.4, -0.2) is 27.3 Å². The molecule has 6 heteroatoms. The Morgan fingerprint density at radius 3 is 3.10 bits per heavy atom. The zero-order chi connectivity index (χ0) is 14.4. The van der Waals surface area contributed by atoms with Gasteiger partial charge in [-0.25, -0.2) is 4.98 Å². The van der Waals surface area contributed by atoms with Crippen molar-refractivity contribution in [3.05, 3.63) is 51.1 Å². The molecule has 21 heavy (non-hydrogen) atoms. The zero-order valence-electron chi connectivity index (χ0n) is 11.1. The van der Waals surface area contributed by atoms with Crippen molar-refractivity contribution in [3.63, 3.8) is 0 Å². The number of hydrogen-bond acceptors (Lipinski definition) is 3. The van der Waals surface area contributed by atoms with Gasteiger partial charge in [0.25, 0.3) is 5.91 Å². The second-order valence-corrected chi connectivity index (χ2v) is 6.75. The molecule has 106 valence electrons. The molecular formula is C15H12ClN3OS. The van der Waals surface area contributed by atoms with Crippen molar-refractivity contribution in [2.24, 2.45) is 0 Å². The molecule has 1 amide bonds. The zero-order valence-corrected chi connectivity index (χ0v) is 12.7. The maximum absolute atomic E-state index is 12.6. The number of thiazole rings is 1. The van der Waals surface area contributed by atoms with Crippen molar-refractivity contribution >= 4 is 39.7 Å². The molecule has 0 unspecified atom stereocenters. The second kappa shape index (κ2) is 4.86. The minimum atomic E-state index is 0.0290. The van der Waals surface area contributed by atoms with Gasteiger partial charge in [-0.15, -0.1) is 11.3 Å². The van der Waals surface area contributed by atoms with Crippen LogP contribution < -0.4 is 0 Å². The Bertz CT molecular complexity index is 805. The van der Waals surface area contributed by atoms with Crippen molar-refractivity contribution in [1.29, 1.82) is 0 Å². The largest absolute Gasteiger partial charge is 0.351 e. The Morgan fingerprint density at radius 2 is 2.24 bits per heavy atom. The highest BCUT2D eigenvalue weighted by Crippen LogP contribution is 2.28. The van der Waals surface area contributed by atoms with Gasteiger partial charge in [0.05, 0.1) is 12.2 Å². The Labute approximate surface area is 130 Å². The summed E-state index contributed by atoms with van der Waals surface area (Å²) in [6.45, 7) is 1.27. The average Bonchev–Trinajstić information content (AvgIpc) is 3.07. The van der Waals surface area contributed by atoms with Crippen LogP contribution in [-0.2, 0) is 13.0 Å². The number of aromatic amines is 1. The third-order valence-corrected chi connectivity index (χ3v) is 4.94. The number of nitrogens with zero attached hydrogens (tertiary/aromatic N) is 2. The fraction of sp³-hybridized carbons (Fsp3) is 0.200. The van der Waals surface area contributed by atoms with E-state index in [-0.39, 0.29) is 5.91 Å². The van der Waals surface area contributed by atoms with Crippen LogP contribution in [0, 0.1) is 0 Å². The highest BCUT2D eigenvalue weighted by Gasteiger charge is 2.25. The average molecular weight is 318 g/mol. The van der Waals surface area contributed by atoms with E-state index in [2.05, 4.69) is 9.97 Å². The van der Waals surface area contributed by atoms with E-state index >= 15 is 0 Å². The smallest absolute Gasteiger partial charge is 0.270 e. The first kappa shape index (κ1) is 12.9. The molecule has 1 aliphatic heterocycles. The predicted octanol–water partition coefficient (Wildman–Crippen LogP) is 3.48. The lowest BCUT2D eigenvalue weighted by atomic mass is 10.1. The summed E-state index contributed by atoms with van der Waals surface area (Å²) in [7, 11) is 0. The summed E-state index contributed by atoms with van der Waals surface area (Å²) in [4.78, 5) is 23.1. The van der Waals surface area contributed by atoms with Gasteiger partial charge in [-0.2, -0.15) is 0 Å². The Morgan fingerprint density at radius 1 is 1.38 bits per heavy atom. The molecule has 4 rings (SSSR count). The first-order valence-corrected chi connectivity index (χ1v) is 7.91. The summed E-state index contributed by atoms with van der Waals surface area (Å²) in [6.07, 6.45) is 0.768.